The van der Waals surface area contributed by atoms with Crippen molar-refractivity contribution in [3.8, 4) is 0 Å². The second kappa shape index (κ2) is 6.51. The van der Waals surface area contributed by atoms with Crippen LogP contribution in [0.2, 0.25) is 0 Å². The van der Waals surface area contributed by atoms with E-state index >= 15 is 0 Å². The van der Waals surface area contributed by atoms with Crippen LogP contribution in [0.4, 0.5) is 4.39 Å². The zero-order valence-corrected chi connectivity index (χ0v) is 13.6. The minimum absolute atomic E-state index is 0.0804. The van der Waals surface area contributed by atoms with Gasteiger partial charge in [0.2, 0.25) is 0 Å². The average molecular weight is 336 g/mol. The molecule has 1 unspecified atom stereocenters. The van der Waals surface area contributed by atoms with E-state index in [1.54, 1.807) is 13.0 Å². The molecule has 3 heteroatoms. The summed E-state index contributed by atoms with van der Waals surface area (Å²) in [5.41, 5.74) is 4.19. The smallest absolute Gasteiger partial charge is 0.126 e. The molecule has 0 amide bonds. The highest BCUT2D eigenvalue weighted by Gasteiger charge is 2.17. The van der Waals surface area contributed by atoms with E-state index in [1.807, 2.05) is 24.3 Å². The van der Waals surface area contributed by atoms with Crippen LogP contribution in [0.1, 0.15) is 35.2 Å². The molecule has 1 atom stereocenters. The third-order valence-corrected chi connectivity index (χ3v) is 4.40. The predicted octanol–water partition coefficient (Wildman–Crippen LogP) is 4.90. The third kappa shape index (κ3) is 3.10. The van der Waals surface area contributed by atoms with Crippen molar-refractivity contribution >= 4 is 15.9 Å². The summed E-state index contributed by atoms with van der Waals surface area (Å²) in [6, 6.07) is 11.6. The quantitative estimate of drug-likeness (QED) is 0.837. The molecule has 2 aromatic carbocycles. The normalized spacial score (nSPS) is 12.4. The van der Waals surface area contributed by atoms with Gasteiger partial charge < -0.3 is 5.32 Å². The Morgan fingerprint density at radius 2 is 1.95 bits per heavy atom. The first-order valence-electron chi connectivity index (χ1n) is 6.79. The van der Waals surface area contributed by atoms with Crippen LogP contribution in [0, 0.1) is 19.7 Å². The van der Waals surface area contributed by atoms with Gasteiger partial charge in [-0.05, 0) is 54.8 Å². The third-order valence-electron chi connectivity index (χ3n) is 3.54. The fourth-order valence-electron chi connectivity index (χ4n) is 2.40. The summed E-state index contributed by atoms with van der Waals surface area (Å²) in [4.78, 5) is 0. The van der Waals surface area contributed by atoms with Crippen LogP contribution in [0.5, 0.6) is 0 Å². The Bertz CT molecular complexity index is 610. The predicted molar refractivity (Wildman–Crippen MR) is 85.5 cm³/mol. The summed E-state index contributed by atoms with van der Waals surface area (Å²) in [5, 5.41) is 3.49. The minimum Gasteiger partial charge on any atom is -0.307 e. The maximum Gasteiger partial charge on any atom is 0.126 e. The molecule has 0 heterocycles. The lowest BCUT2D eigenvalue weighted by atomic mass is 9.94. The maximum absolute atomic E-state index is 13.5. The van der Waals surface area contributed by atoms with Crippen molar-refractivity contribution in [1.82, 2.24) is 5.32 Å². The summed E-state index contributed by atoms with van der Waals surface area (Å²) in [6.07, 6.45) is 0. The molecule has 0 saturated carbocycles. The maximum atomic E-state index is 13.5. The Morgan fingerprint density at radius 1 is 1.20 bits per heavy atom. The second-order valence-corrected chi connectivity index (χ2v) is 5.81. The first kappa shape index (κ1) is 15.2. The van der Waals surface area contributed by atoms with Crippen molar-refractivity contribution in [1.29, 1.82) is 0 Å². The molecule has 0 radical (unpaired) electrons. The molecule has 1 nitrogen and oxygen atoms in total. The SMILES string of the molecule is CCNC(c1ccc(F)c(C)c1)c1cccc(Br)c1C. The Labute approximate surface area is 128 Å². The van der Waals surface area contributed by atoms with Crippen LogP contribution in [0.3, 0.4) is 0 Å². The van der Waals surface area contributed by atoms with Gasteiger partial charge in [0.05, 0.1) is 6.04 Å². The number of rotatable bonds is 4. The molecule has 106 valence electrons. The lowest BCUT2D eigenvalue weighted by molar-refractivity contribution is 0.605. The highest BCUT2D eigenvalue weighted by atomic mass is 79.9. The highest BCUT2D eigenvalue weighted by Crippen LogP contribution is 2.29. The van der Waals surface area contributed by atoms with Crippen molar-refractivity contribution in [2.24, 2.45) is 0 Å². The summed E-state index contributed by atoms with van der Waals surface area (Å²) in [5.74, 6) is -0.157. The van der Waals surface area contributed by atoms with E-state index in [0.717, 1.165) is 16.6 Å². The molecule has 0 aliphatic carbocycles. The summed E-state index contributed by atoms with van der Waals surface area (Å²) in [7, 11) is 0. The van der Waals surface area contributed by atoms with Crippen LogP contribution >= 0.6 is 15.9 Å². The molecule has 0 spiro atoms. The number of aryl methyl sites for hydroxylation is 1. The number of nitrogens with one attached hydrogen (secondary N) is 1. The first-order valence-corrected chi connectivity index (χ1v) is 7.58. The zero-order valence-electron chi connectivity index (χ0n) is 12.0. The van der Waals surface area contributed by atoms with Gasteiger partial charge in [0.1, 0.15) is 5.82 Å². The van der Waals surface area contributed by atoms with E-state index in [-0.39, 0.29) is 11.9 Å². The fraction of sp³-hybridized carbons (Fsp3) is 0.294. The minimum atomic E-state index is -0.157. The van der Waals surface area contributed by atoms with Gasteiger partial charge in [0, 0.05) is 4.47 Å². The van der Waals surface area contributed by atoms with Crippen LogP contribution in [0.25, 0.3) is 0 Å². The molecule has 2 rings (SSSR count). The summed E-state index contributed by atoms with van der Waals surface area (Å²) >= 11 is 3.58. The van der Waals surface area contributed by atoms with Crippen LogP contribution in [-0.2, 0) is 0 Å². The molecule has 0 fully saturated rings. The number of hydrogen-bond acceptors (Lipinski definition) is 1. The van der Waals surface area contributed by atoms with Crippen molar-refractivity contribution in [2.45, 2.75) is 26.8 Å². The molecular formula is C17H19BrFN. The number of halogens is 2. The average Bonchev–Trinajstić information content (AvgIpc) is 2.43. The van der Waals surface area contributed by atoms with E-state index in [0.29, 0.717) is 5.56 Å². The monoisotopic (exact) mass is 335 g/mol. The number of benzene rings is 2. The molecule has 0 aliphatic rings. The van der Waals surface area contributed by atoms with E-state index in [2.05, 4.69) is 41.2 Å². The van der Waals surface area contributed by atoms with Crippen molar-refractivity contribution in [2.75, 3.05) is 6.54 Å². The van der Waals surface area contributed by atoms with Gasteiger partial charge in [0.15, 0.2) is 0 Å². The van der Waals surface area contributed by atoms with Crippen molar-refractivity contribution in [3.63, 3.8) is 0 Å². The van der Waals surface area contributed by atoms with Crippen LogP contribution < -0.4 is 5.32 Å². The Kier molecular flexibility index (Phi) is 4.95. The van der Waals surface area contributed by atoms with Gasteiger partial charge >= 0.3 is 0 Å². The molecule has 20 heavy (non-hydrogen) atoms. The molecule has 0 aliphatic heterocycles. The molecular weight excluding hydrogens is 317 g/mol. The van der Waals surface area contributed by atoms with E-state index in [1.165, 1.54) is 11.1 Å². The van der Waals surface area contributed by atoms with Crippen molar-refractivity contribution < 1.29 is 4.39 Å². The molecule has 1 N–H and O–H groups in total. The van der Waals surface area contributed by atoms with Crippen LogP contribution in [-0.4, -0.2) is 6.54 Å². The van der Waals surface area contributed by atoms with Gasteiger partial charge in [-0.15, -0.1) is 0 Å². The van der Waals surface area contributed by atoms with Crippen LogP contribution in [0.15, 0.2) is 40.9 Å². The van der Waals surface area contributed by atoms with Gasteiger partial charge in [0.25, 0.3) is 0 Å². The first-order chi connectivity index (χ1) is 9.54. The molecule has 0 saturated heterocycles. The topological polar surface area (TPSA) is 12.0 Å². The fourth-order valence-corrected chi connectivity index (χ4v) is 2.78. The second-order valence-electron chi connectivity index (χ2n) is 4.95. The van der Waals surface area contributed by atoms with E-state index < -0.39 is 0 Å². The van der Waals surface area contributed by atoms with Gasteiger partial charge in [-0.3, -0.25) is 0 Å². The summed E-state index contributed by atoms with van der Waals surface area (Å²) in [6.45, 7) is 6.83. The van der Waals surface area contributed by atoms with E-state index in [4.69, 9.17) is 0 Å². The Balaban J connectivity index is 2.50. The largest absolute Gasteiger partial charge is 0.307 e. The standard InChI is InChI=1S/C17H19BrFN/c1-4-20-17(13-8-9-16(19)11(2)10-13)14-6-5-7-15(18)12(14)3/h5-10,17,20H,4H2,1-3H3. The van der Waals surface area contributed by atoms with Gasteiger partial charge in [-0.25, -0.2) is 4.39 Å². The Morgan fingerprint density at radius 3 is 2.60 bits per heavy atom. The number of hydrogen-bond donors (Lipinski definition) is 1. The summed E-state index contributed by atoms with van der Waals surface area (Å²) < 4.78 is 14.6. The lowest BCUT2D eigenvalue weighted by Crippen LogP contribution is -2.23. The lowest BCUT2D eigenvalue weighted by Gasteiger charge is -2.22. The molecule has 0 aromatic heterocycles. The van der Waals surface area contributed by atoms with E-state index in [9.17, 15) is 4.39 Å². The molecule has 2 aromatic rings. The zero-order chi connectivity index (χ0) is 14.7. The molecule has 0 bridgehead atoms. The van der Waals surface area contributed by atoms with Gasteiger partial charge in [-0.2, -0.15) is 0 Å². The highest BCUT2D eigenvalue weighted by molar-refractivity contribution is 9.10. The van der Waals surface area contributed by atoms with Gasteiger partial charge in [-0.1, -0.05) is 47.1 Å². The Hall–Kier alpha value is -1.19. The van der Waals surface area contributed by atoms with Crippen molar-refractivity contribution in [3.05, 3.63) is 68.9 Å².